The summed E-state index contributed by atoms with van der Waals surface area (Å²) < 4.78 is 13.5. The average Bonchev–Trinajstić information content (AvgIpc) is 3.14. The van der Waals surface area contributed by atoms with Crippen molar-refractivity contribution < 1.29 is 9.18 Å². The van der Waals surface area contributed by atoms with E-state index in [2.05, 4.69) is 25.9 Å². The second-order valence-electron chi connectivity index (χ2n) is 6.71. The molecule has 0 aliphatic rings. The summed E-state index contributed by atoms with van der Waals surface area (Å²) in [5, 5.41) is 10.1. The summed E-state index contributed by atoms with van der Waals surface area (Å²) in [4.78, 5) is 19.1. The number of hydrogen-bond donors (Lipinski definition) is 4. The van der Waals surface area contributed by atoms with Gasteiger partial charge in [-0.2, -0.15) is 0 Å². The van der Waals surface area contributed by atoms with Crippen LogP contribution in [0, 0.1) is 5.82 Å². The number of benzene rings is 2. The molecular weight excluding hydrogens is 369 g/mol. The molecule has 0 saturated heterocycles. The van der Waals surface area contributed by atoms with Crippen molar-refractivity contribution in [3.05, 3.63) is 71.2 Å². The van der Waals surface area contributed by atoms with Crippen molar-refractivity contribution in [2.75, 3.05) is 27.2 Å². The van der Waals surface area contributed by atoms with Gasteiger partial charge >= 0.3 is 0 Å². The monoisotopic (exact) mass is 395 g/mol. The maximum atomic E-state index is 13.5. The van der Waals surface area contributed by atoms with Crippen LogP contribution in [0.25, 0.3) is 10.9 Å². The van der Waals surface area contributed by atoms with Crippen LogP contribution in [0.15, 0.2) is 53.7 Å². The highest BCUT2D eigenvalue weighted by Gasteiger charge is 2.06. The molecule has 3 aromatic rings. The zero-order valence-electron chi connectivity index (χ0n) is 16.7. The number of rotatable bonds is 7. The Morgan fingerprint density at radius 3 is 2.66 bits per heavy atom. The molecule has 2 aromatic carbocycles. The molecule has 0 unspecified atom stereocenters. The van der Waals surface area contributed by atoms with Crippen LogP contribution in [-0.2, 0) is 12.8 Å². The SMILES string of the molecule is CN=C(NCCc1cccc(C(=O)NC)c1)NCCc1c[nH]c2ccc(F)cc12. The first kappa shape index (κ1) is 20.4. The molecule has 0 radical (unpaired) electrons. The molecule has 1 heterocycles. The van der Waals surface area contributed by atoms with Crippen LogP contribution < -0.4 is 16.0 Å². The third-order valence-corrected chi connectivity index (χ3v) is 4.76. The van der Waals surface area contributed by atoms with E-state index in [0.717, 1.165) is 34.9 Å². The van der Waals surface area contributed by atoms with Crippen molar-refractivity contribution in [2.24, 2.45) is 4.99 Å². The first-order valence-corrected chi connectivity index (χ1v) is 9.61. The second kappa shape index (κ2) is 9.73. The van der Waals surface area contributed by atoms with Gasteiger partial charge in [-0.15, -0.1) is 0 Å². The van der Waals surface area contributed by atoms with E-state index in [4.69, 9.17) is 0 Å². The van der Waals surface area contributed by atoms with Gasteiger partial charge in [0.1, 0.15) is 5.82 Å². The van der Waals surface area contributed by atoms with Crippen LogP contribution in [0.1, 0.15) is 21.5 Å². The minimum atomic E-state index is -0.232. The van der Waals surface area contributed by atoms with E-state index in [1.54, 1.807) is 32.3 Å². The number of aromatic amines is 1. The van der Waals surface area contributed by atoms with Crippen molar-refractivity contribution >= 4 is 22.8 Å². The third kappa shape index (κ3) is 5.34. The number of guanidine groups is 1. The quantitative estimate of drug-likeness (QED) is 0.367. The number of nitrogens with one attached hydrogen (secondary N) is 4. The first-order valence-electron chi connectivity index (χ1n) is 9.61. The molecule has 0 saturated carbocycles. The first-order chi connectivity index (χ1) is 14.1. The number of H-pyrrole nitrogens is 1. The van der Waals surface area contributed by atoms with Crippen LogP contribution in [-0.4, -0.2) is 44.0 Å². The normalized spacial score (nSPS) is 11.5. The Bertz CT molecular complexity index is 1010. The Labute approximate surface area is 169 Å². The number of carbonyl (C=O) groups is 1. The highest BCUT2D eigenvalue weighted by molar-refractivity contribution is 5.94. The van der Waals surface area contributed by atoms with Gasteiger partial charge in [-0.3, -0.25) is 9.79 Å². The Kier molecular flexibility index (Phi) is 6.84. The lowest BCUT2D eigenvalue weighted by Gasteiger charge is -2.12. The number of halogens is 1. The molecular formula is C22H26FN5O. The topological polar surface area (TPSA) is 81.3 Å². The zero-order valence-corrected chi connectivity index (χ0v) is 16.7. The van der Waals surface area contributed by atoms with Crippen LogP contribution >= 0.6 is 0 Å². The van der Waals surface area contributed by atoms with Crippen molar-refractivity contribution in [1.29, 1.82) is 0 Å². The van der Waals surface area contributed by atoms with Crippen LogP contribution in [0.5, 0.6) is 0 Å². The third-order valence-electron chi connectivity index (χ3n) is 4.76. The predicted molar refractivity (Wildman–Crippen MR) is 115 cm³/mol. The maximum Gasteiger partial charge on any atom is 0.251 e. The number of fused-ring (bicyclic) bond motifs is 1. The maximum absolute atomic E-state index is 13.5. The molecule has 1 amide bonds. The molecule has 0 aliphatic heterocycles. The van der Waals surface area contributed by atoms with E-state index in [0.29, 0.717) is 24.6 Å². The fourth-order valence-corrected chi connectivity index (χ4v) is 3.23. The van der Waals surface area contributed by atoms with E-state index in [-0.39, 0.29) is 11.7 Å². The lowest BCUT2D eigenvalue weighted by Crippen LogP contribution is -2.39. The van der Waals surface area contributed by atoms with Gasteiger partial charge in [-0.05, 0) is 54.3 Å². The van der Waals surface area contributed by atoms with Gasteiger partial charge < -0.3 is 20.9 Å². The minimum absolute atomic E-state index is 0.0885. The summed E-state index contributed by atoms with van der Waals surface area (Å²) in [5.41, 5.74) is 3.73. The molecule has 0 fully saturated rings. The van der Waals surface area contributed by atoms with E-state index >= 15 is 0 Å². The summed E-state index contributed by atoms with van der Waals surface area (Å²) >= 11 is 0. The zero-order chi connectivity index (χ0) is 20.6. The van der Waals surface area contributed by atoms with Crippen molar-refractivity contribution in [3.63, 3.8) is 0 Å². The van der Waals surface area contributed by atoms with Gasteiger partial charge in [0.05, 0.1) is 0 Å². The highest BCUT2D eigenvalue weighted by atomic mass is 19.1. The minimum Gasteiger partial charge on any atom is -0.361 e. The Hall–Kier alpha value is -3.35. The van der Waals surface area contributed by atoms with E-state index < -0.39 is 0 Å². The summed E-state index contributed by atoms with van der Waals surface area (Å²) in [7, 11) is 3.35. The fourth-order valence-electron chi connectivity index (χ4n) is 3.23. The molecule has 0 aliphatic carbocycles. The standard InChI is InChI=1S/C22H26FN5O/c1-24-21(29)16-5-3-4-15(12-16)8-10-26-22(25-2)27-11-9-17-14-28-20-7-6-18(23)13-19(17)20/h3-7,12-14,28H,8-11H2,1-2H3,(H,24,29)(H2,25,26,27). The summed E-state index contributed by atoms with van der Waals surface area (Å²) in [5.74, 6) is 0.386. The summed E-state index contributed by atoms with van der Waals surface area (Å²) in [6.45, 7) is 1.37. The average molecular weight is 395 g/mol. The molecule has 0 bridgehead atoms. The van der Waals surface area contributed by atoms with Gasteiger partial charge in [0, 0.05) is 49.8 Å². The Morgan fingerprint density at radius 2 is 1.90 bits per heavy atom. The number of hydrogen-bond acceptors (Lipinski definition) is 2. The van der Waals surface area contributed by atoms with E-state index in [9.17, 15) is 9.18 Å². The van der Waals surface area contributed by atoms with Gasteiger partial charge in [-0.25, -0.2) is 4.39 Å². The van der Waals surface area contributed by atoms with Crippen LogP contribution in [0.4, 0.5) is 4.39 Å². The number of amides is 1. The van der Waals surface area contributed by atoms with Gasteiger partial charge in [0.25, 0.3) is 5.91 Å². The van der Waals surface area contributed by atoms with Gasteiger partial charge in [0.15, 0.2) is 5.96 Å². The molecule has 0 atom stereocenters. The van der Waals surface area contributed by atoms with Crippen LogP contribution in [0.3, 0.4) is 0 Å². The number of aliphatic imine (C=N–C) groups is 1. The summed E-state index contributed by atoms with van der Waals surface area (Å²) in [6, 6.07) is 12.3. The highest BCUT2D eigenvalue weighted by Crippen LogP contribution is 2.19. The van der Waals surface area contributed by atoms with Gasteiger partial charge in [0.2, 0.25) is 0 Å². The Morgan fingerprint density at radius 1 is 1.10 bits per heavy atom. The van der Waals surface area contributed by atoms with Crippen molar-refractivity contribution in [1.82, 2.24) is 20.9 Å². The molecule has 4 N–H and O–H groups in total. The smallest absolute Gasteiger partial charge is 0.251 e. The largest absolute Gasteiger partial charge is 0.361 e. The molecule has 1 aromatic heterocycles. The van der Waals surface area contributed by atoms with Crippen LogP contribution in [0.2, 0.25) is 0 Å². The van der Waals surface area contributed by atoms with E-state index in [1.165, 1.54) is 6.07 Å². The number of nitrogens with zero attached hydrogens (tertiary/aromatic N) is 1. The lowest BCUT2D eigenvalue weighted by molar-refractivity contribution is 0.0963. The van der Waals surface area contributed by atoms with Gasteiger partial charge in [-0.1, -0.05) is 12.1 Å². The van der Waals surface area contributed by atoms with Crippen molar-refractivity contribution in [2.45, 2.75) is 12.8 Å². The fraction of sp³-hybridized carbons (Fsp3) is 0.273. The predicted octanol–water partition coefficient (Wildman–Crippen LogP) is 2.62. The molecule has 29 heavy (non-hydrogen) atoms. The lowest BCUT2D eigenvalue weighted by atomic mass is 10.1. The summed E-state index contributed by atoms with van der Waals surface area (Å²) in [6.07, 6.45) is 3.44. The molecule has 6 nitrogen and oxygen atoms in total. The molecule has 3 rings (SSSR count). The molecule has 7 heteroatoms. The second-order valence-corrected chi connectivity index (χ2v) is 6.71. The van der Waals surface area contributed by atoms with Crippen molar-refractivity contribution in [3.8, 4) is 0 Å². The van der Waals surface area contributed by atoms with E-state index in [1.807, 2.05) is 24.4 Å². The Balaban J connectivity index is 1.47. The molecule has 152 valence electrons. The number of carbonyl (C=O) groups excluding carboxylic acids is 1. The number of aromatic nitrogens is 1. The molecule has 0 spiro atoms.